The molecule has 0 unspecified atom stereocenters. The Balaban J connectivity index is 2.09. The maximum Gasteiger partial charge on any atom is 0.286 e. The van der Waals surface area contributed by atoms with E-state index in [4.69, 9.17) is 0 Å². The smallest absolute Gasteiger partial charge is 0.286 e. The summed E-state index contributed by atoms with van der Waals surface area (Å²) in [5.41, 5.74) is 1.05. The number of amides is 2. The highest BCUT2D eigenvalue weighted by atomic mass is 79.9. The van der Waals surface area contributed by atoms with Crippen LogP contribution < -0.4 is 5.32 Å². The van der Waals surface area contributed by atoms with E-state index in [0.29, 0.717) is 6.42 Å². The van der Waals surface area contributed by atoms with Crippen LogP contribution in [0.4, 0.5) is 4.79 Å². The Hall–Kier alpha value is -0.810. The van der Waals surface area contributed by atoms with E-state index in [0.717, 1.165) is 21.8 Å². The molecule has 78 valence electrons. The predicted molar refractivity (Wildman–Crippen MR) is 62.8 cm³/mol. The number of imide groups is 1. The standard InChI is InChI=1S/C10H8BrNO2S/c11-7-3-1-2-6(4-7)5-8-9(13)12-10(14)15-8/h1-4,8H,5H2,(H,12,13,14)/t8-/m1/s1. The first-order valence-electron chi connectivity index (χ1n) is 4.41. The third-order valence-electron chi connectivity index (χ3n) is 2.08. The van der Waals surface area contributed by atoms with Crippen LogP contribution in [0, 0.1) is 0 Å². The molecule has 1 aromatic rings. The Bertz CT molecular complexity index is 422. The number of nitrogens with one attached hydrogen (secondary N) is 1. The predicted octanol–water partition coefficient (Wildman–Crippen LogP) is 2.34. The first kappa shape index (κ1) is 10.7. The monoisotopic (exact) mass is 285 g/mol. The molecule has 1 aliphatic rings. The first-order chi connectivity index (χ1) is 7.15. The molecular weight excluding hydrogens is 278 g/mol. The second kappa shape index (κ2) is 4.37. The van der Waals surface area contributed by atoms with Gasteiger partial charge in [-0.1, -0.05) is 39.8 Å². The summed E-state index contributed by atoms with van der Waals surface area (Å²) in [4.78, 5) is 22.3. The Labute approximate surface area is 99.7 Å². The molecule has 1 fully saturated rings. The average Bonchev–Trinajstić information content (AvgIpc) is 2.45. The Morgan fingerprint density at radius 2 is 2.20 bits per heavy atom. The molecule has 0 saturated carbocycles. The van der Waals surface area contributed by atoms with Crippen LogP contribution in [-0.2, 0) is 11.2 Å². The number of rotatable bonds is 2. The second-order valence-electron chi connectivity index (χ2n) is 3.22. The van der Waals surface area contributed by atoms with Gasteiger partial charge in [0.05, 0.1) is 5.25 Å². The zero-order valence-electron chi connectivity index (χ0n) is 7.70. The molecular formula is C10H8BrNO2S. The molecule has 0 aromatic heterocycles. The van der Waals surface area contributed by atoms with E-state index in [1.54, 1.807) is 0 Å². The van der Waals surface area contributed by atoms with Gasteiger partial charge in [-0.15, -0.1) is 0 Å². The molecule has 3 nitrogen and oxygen atoms in total. The first-order valence-corrected chi connectivity index (χ1v) is 6.08. The number of carbonyl (C=O) groups excluding carboxylic acids is 2. The molecule has 5 heteroatoms. The van der Waals surface area contributed by atoms with E-state index in [2.05, 4.69) is 21.2 Å². The van der Waals surface area contributed by atoms with Gasteiger partial charge in [0.15, 0.2) is 0 Å². The van der Waals surface area contributed by atoms with Gasteiger partial charge < -0.3 is 0 Å². The number of halogens is 1. The Kier molecular flexibility index (Phi) is 3.11. The van der Waals surface area contributed by atoms with E-state index in [1.165, 1.54) is 0 Å². The minimum atomic E-state index is -0.285. The largest absolute Gasteiger partial charge is 0.286 e. The summed E-state index contributed by atoms with van der Waals surface area (Å²) in [5, 5.41) is 1.74. The van der Waals surface area contributed by atoms with Crippen LogP contribution >= 0.6 is 27.7 Å². The molecule has 2 rings (SSSR count). The van der Waals surface area contributed by atoms with Crippen molar-refractivity contribution in [3.8, 4) is 0 Å². The molecule has 0 spiro atoms. The summed E-state index contributed by atoms with van der Waals surface area (Å²) in [5.74, 6) is -0.190. The summed E-state index contributed by atoms with van der Waals surface area (Å²) in [6.45, 7) is 0. The highest BCUT2D eigenvalue weighted by Crippen LogP contribution is 2.23. The maximum atomic E-state index is 11.3. The van der Waals surface area contributed by atoms with Crippen LogP contribution in [-0.4, -0.2) is 16.4 Å². The van der Waals surface area contributed by atoms with Crippen molar-refractivity contribution in [2.24, 2.45) is 0 Å². The lowest BCUT2D eigenvalue weighted by Gasteiger charge is -2.05. The molecule has 1 atom stereocenters. The van der Waals surface area contributed by atoms with E-state index < -0.39 is 0 Å². The number of thioether (sulfide) groups is 1. The van der Waals surface area contributed by atoms with Crippen molar-refractivity contribution in [3.05, 3.63) is 34.3 Å². The quantitative estimate of drug-likeness (QED) is 0.907. The molecule has 0 aliphatic carbocycles. The van der Waals surface area contributed by atoms with Crippen molar-refractivity contribution in [1.29, 1.82) is 0 Å². The van der Waals surface area contributed by atoms with E-state index >= 15 is 0 Å². The summed E-state index contributed by atoms with van der Waals surface area (Å²) in [6.07, 6.45) is 0.585. The fourth-order valence-corrected chi connectivity index (χ4v) is 2.71. The third kappa shape index (κ3) is 2.60. The number of hydrogen-bond donors (Lipinski definition) is 1. The van der Waals surface area contributed by atoms with Crippen LogP contribution in [0.3, 0.4) is 0 Å². The van der Waals surface area contributed by atoms with Gasteiger partial charge in [0.1, 0.15) is 0 Å². The number of benzene rings is 1. The molecule has 2 amide bonds. The molecule has 1 heterocycles. The lowest BCUT2D eigenvalue weighted by Crippen LogP contribution is -2.25. The molecule has 1 aliphatic heterocycles. The third-order valence-corrected chi connectivity index (χ3v) is 3.55. The van der Waals surface area contributed by atoms with Crippen molar-refractivity contribution in [3.63, 3.8) is 0 Å². The topological polar surface area (TPSA) is 46.2 Å². The summed E-state index contributed by atoms with van der Waals surface area (Å²) in [7, 11) is 0. The van der Waals surface area contributed by atoms with Gasteiger partial charge in [0.2, 0.25) is 5.91 Å². The lowest BCUT2D eigenvalue weighted by molar-refractivity contribution is -0.118. The van der Waals surface area contributed by atoms with Gasteiger partial charge in [-0.3, -0.25) is 14.9 Å². The minimum absolute atomic E-state index is 0.190. The fourth-order valence-electron chi connectivity index (χ4n) is 1.41. The minimum Gasteiger partial charge on any atom is -0.286 e. The Morgan fingerprint density at radius 1 is 1.40 bits per heavy atom. The zero-order chi connectivity index (χ0) is 10.8. The summed E-state index contributed by atoms with van der Waals surface area (Å²) >= 11 is 4.42. The van der Waals surface area contributed by atoms with Crippen LogP contribution in [0.2, 0.25) is 0 Å². The normalized spacial score (nSPS) is 20.5. The van der Waals surface area contributed by atoms with Crippen LogP contribution in [0.25, 0.3) is 0 Å². The number of hydrogen-bond acceptors (Lipinski definition) is 3. The SMILES string of the molecule is O=C1NC(=O)[C@@H](Cc2cccc(Br)c2)S1. The highest BCUT2D eigenvalue weighted by molar-refractivity contribution is 9.10. The molecule has 0 radical (unpaired) electrons. The fraction of sp³-hybridized carbons (Fsp3) is 0.200. The van der Waals surface area contributed by atoms with Crippen molar-refractivity contribution in [2.45, 2.75) is 11.7 Å². The summed E-state index contributed by atoms with van der Waals surface area (Å²) < 4.78 is 0.981. The molecule has 0 bridgehead atoms. The van der Waals surface area contributed by atoms with E-state index in [-0.39, 0.29) is 16.4 Å². The molecule has 15 heavy (non-hydrogen) atoms. The van der Waals surface area contributed by atoms with Gasteiger partial charge in [0.25, 0.3) is 5.24 Å². The summed E-state index contributed by atoms with van der Waals surface area (Å²) in [6, 6.07) is 7.74. The van der Waals surface area contributed by atoms with E-state index in [1.807, 2.05) is 24.3 Å². The number of carbonyl (C=O) groups is 2. The van der Waals surface area contributed by atoms with Crippen LogP contribution in [0.5, 0.6) is 0 Å². The second-order valence-corrected chi connectivity index (χ2v) is 5.31. The van der Waals surface area contributed by atoms with Crippen molar-refractivity contribution in [2.75, 3.05) is 0 Å². The lowest BCUT2D eigenvalue weighted by atomic mass is 10.1. The van der Waals surface area contributed by atoms with Crippen LogP contribution in [0.1, 0.15) is 5.56 Å². The van der Waals surface area contributed by atoms with Gasteiger partial charge >= 0.3 is 0 Å². The van der Waals surface area contributed by atoms with Crippen molar-refractivity contribution in [1.82, 2.24) is 5.32 Å². The highest BCUT2D eigenvalue weighted by Gasteiger charge is 2.31. The van der Waals surface area contributed by atoms with Crippen molar-refractivity contribution >= 4 is 38.8 Å². The molecule has 1 N–H and O–H groups in total. The van der Waals surface area contributed by atoms with Gasteiger partial charge in [-0.2, -0.15) is 0 Å². The van der Waals surface area contributed by atoms with Gasteiger partial charge in [-0.05, 0) is 24.1 Å². The average molecular weight is 286 g/mol. The molecule has 1 saturated heterocycles. The van der Waals surface area contributed by atoms with Crippen molar-refractivity contribution < 1.29 is 9.59 Å². The zero-order valence-corrected chi connectivity index (χ0v) is 10.1. The maximum absolute atomic E-state index is 11.3. The van der Waals surface area contributed by atoms with Gasteiger partial charge in [0, 0.05) is 4.47 Å². The van der Waals surface area contributed by atoms with E-state index in [9.17, 15) is 9.59 Å². The Morgan fingerprint density at radius 3 is 2.80 bits per heavy atom. The molecule has 1 aromatic carbocycles. The van der Waals surface area contributed by atoms with Crippen LogP contribution in [0.15, 0.2) is 28.7 Å². The van der Waals surface area contributed by atoms with Gasteiger partial charge in [-0.25, -0.2) is 0 Å².